The van der Waals surface area contributed by atoms with E-state index in [1.807, 2.05) is 4.90 Å². The Morgan fingerprint density at radius 2 is 1.62 bits per heavy atom. The molecule has 0 aliphatic carbocycles. The van der Waals surface area contributed by atoms with Crippen LogP contribution in [0.4, 0.5) is 19.1 Å². The number of piperazine rings is 1. The van der Waals surface area contributed by atoms with E-state index in [0.717, 1.165) is 12.1 Å². The number of rotatable bonds is 4. The third kappa shape index (κ3) is 4.72. The summed E-state index contributed by atoms with van der Waals surface area (Å²) in [4.78, 5) is 10.6. The maximum Gasteiger partial charge on any atom is 0.416 e. The van der Waals surface area contributed by atoms with Crippen LogP contribution in [-0.2, 0) is 16.2 Å². The standard InChI is InChI=1S/C21H18ClF3N4O2S/c22-17-4-6-18(7-5-17)32(30,31)29-12-10-28(11-13-29)20-26-9-8-19(27-20)15-2-1-3-16(14-15)21(23,24)25/h1-9,14H,10-13H2. The zero-order valence-corrected chi connectivity index (χ0v) is 18.2. The van der Waals surface area contributed by atoms with E-state index in [-0.39, 0.29) is 18.0 Å². The molecule has 11 heteroatoms. The Morgan fingerprint density at radius 3 is 2.28 bits per heavy atom. The summed E-state index contributed by atoms with van der Waals surface area (Å²) >= 11 is 5.84. The minimum absolute atomic E-state index is 0.165. The molecule has 1 fully saturated rings. The van der Waals surface area contributed by atoms with Crippen LogP contribution in [0.2, 0.25) is 5.02 Å². The summed E-state index contributed by atoms with van der Waals surface area (Å²) < 4.78 is 66.1. The van der Waals surface area contributed by atoms with Crippen LogP contribution < -0.4 is 4.90 Å². The molecule has 0 spiro atoms. The molecule has 3 aromatic rings. The molecule has 1 aliphatic rings. The largest absolute Gasteiger partial charge is 0.416 e. The first-order valence-electron chi connectivity index (χ1n) is 9.66. The van der Waals surface area contributed by atoms with Crippen molar-refractivity contribution in [2.24, 2.45) is 0 Å². The van der Waals surface area contributed by atoms with E-state index in [0.29, 0.717) is 35.3 Å². The molecule has 168 valence electrons. The van der Waals surface area contributed by atoms with Crippen LogP contribution in [0.5, 0.6) is 0 Å². The molecule has 2 aromatic carbocycles. The third-order valence-electron chi connectivity index (χ3n) is 5.10. The zero-order valence-electron chi connectivity index (χ0n) is 16.6. The average molecular weight is 483 g/mol. The van der Waals surface area contributed by atoms with Crippen molar-refractivity contribution in [1.82, 2.24) is 14.3 Å². The maximum atomic E-state index is 13.0. The van der Waals surface area contributed by atoms with Crippen LogP contribution in [0, 0.1) is 0 Å². The van der Waals surface area contributed by atoms with Crippen LogP contribution in [0.1, 0.15) is 5.56 Å². The lowest BCUT2D eigenvalue weighted by molar-refractivity contribution is -0.137. The Balaban J connectivity index is 1.50. The first-order valence-corrected chi connectivity index (χ1v) is 11.5. The lowest BCUT2D eigenvalue weighted by Crippen LogP contribution is -2.49. The second-order valence-electron chi connectivity index (χ2n) is 7.17. The van der Waals surface area contributed by atoms with Crippen molar-refractivity contribution in [1.29, 1.82) is 0 Å². The lowest BCUT2D eigenvalue weighted by Gasteiger charge is -2.34. The number of benzene rings is 2. The Labute approximate surface area is 188 Å². The summed E-state index contributed by atoms with van der Waals surface area (Å²) in [5.41, 5.74) is -0.0686. The van der Waals surface area contributed by atoms with Gasteiger partial charge in [0, 0.05) is 43.0 Å². The van der Waals surface area contributed by atoms with Gasteiger partial charge in [-0.15, -0.1) is 0 Å². The molecule has 0 amide bonds. The molecule has 1 aromatic heterocycles. The fourth-order valence-corrected chi connectivity index (χ4v) is 4.95. The highest BCUT2D eigenvalue weighted by molar-refractivity contribution is 7.89. The molecule has 0 unspecified atom stereocenters. The van der Waals surface area contributed by atoms with Crippen molar-refractivity contribution < 1.29 is 21.6 Å². The van der Waals surface area contributed by atoms with Crippen LogP contribution in [0.3, 0.4) is 0 Å². The number of anilines is 1. The van der Waals surface area contributed by atoms with Crippen LogP contribution >= 0.6 is 11.6 Å². The van der Waals surface area contributed by atoms with Crippen LogP contribution in [0.15, 0.2) is 65.7 Å². The second kappa shape index (κ2) is 8.68. The van der Waals surface area contributed by atoms with E-state index in [4.69, 9.17) is 11.6 Å². The van der Waals surface area contributed by atoms with Gasteiger partial charge in [0.15, 0.2) is 0 Å². The highest BCUT2D eigenvalue weighted by Gasteiger charge is 2.31. The van der Waals surface area contributed by atoms with E-state index in [9.17, 15) is 21.6 Å². The van der Waals surface area contributed by atoms with Gasteiger partial charge in [-0.2, -0.15) is 17.5 Å². The van der Waals surface area contributed by atoms with Gasteiger partial charge in [0.2, 0.25) is 16.0 Å². The minimum Gasteiger partial charge on any atom is -0.338 e. The molecule has 0 saturated carbocycles. The quantitative estimate of drug-likeness (QED) is 0.554. The lowest BCUT2D eigenvalue weighted by atomic mass is 10.1. The fourth-order valence-electron chi connectivity index (χ4n) is 3.40. The Hall–Kier alpha value is -2.69. The summed E-state index contributed by atoms with van der Waals surface area (Å²) in [5, 5.41) is 0.451. The molecule has 0 N–H and O–H groups in total. The smallest absolute Gasteiger partial charge is 0.338 e. The van der Waals surface area contributed by atoms with Crippen molar-refractivity contribution in [2.75, 3.05) is 31.1 Å². The average Bonchev–Trinajstić information content (AvgIpc) is 2.79. The molecular weight excluding hydrogens is 465 g/mol. The van der Waals surface area contributed by atoms with Gasteiger partial charge in [0.25, 0.3) is 0 Å². The number of alkyl halides is 3. The molecule has 0 radical (unpaired) electrons. The molecule has 1 aliphatic heterocycles. The van der Waals surface area contributed by atoms with Crippen molar-refractivity contribution in [3.63, 3.8) is 0 Å². The van der Waals surface area contributed by atoms with Gasteiger partial charge in [-0.3, -0.25) is 0 Å². The summed E-state index contributed by atoms with van der Waals surface area (Å²) in [6.45, 7) is 1.14. The van der Waals surface area contributed by atoms with Crippen molar-refractivity contribution in [3.8, 4) is 11.3 Å². The normalized spacial score (nSPS) is 15.7. The summed E-state index contributed by atoms with van der Waals surface area (Å²) in [6.07, 6.45) is -2.97. The Bertz CT molecular complexity index is 1210. The summed E-state index contributed by atoms with van der Waals surface area (Å²) in [6, 6.07) is 12.5. The van der Waals surface area contributed by atoms with Crippen LogP contribution in [-0.4, -0.2) is 48.9 Å². The van der Waals surface area contributed by atoms with E-state index >= 15 is 0 Å². The van der Waals surface area contributed by atoms with E-state index in [1.165, 1.54) is 40.8 Å². The minimum atomic E-state index is -4.45. The van der Waals surface area contributed by atoms with E-state index < -0.39 is 21.8 Å². The number of hydrogen-bond acceptors (Lipinski definition) is 5. The van der Waals surface area contributed by atoms with Gasteiger partial charge in [0.05, 0.1) is 16.2 Å². The summed E-state index contributed by atoms with van der Waals surface area (Å²) in [5.74, 6) is 0.337. The first-order chi connectivity index (χ1) is 15.1. The molecule has 32 heavy (non-hydrogen) atoms. The van der Waals surface area contributed by atoms with Gasteiger partial charge in [-0.05, 0) is 42.5 Å². The molecule has 1 saturated heterocycles. The topological polar surface area (TPSA) is 66.4 Å². The number of sulfonamides is 1. The maximum absolute atomic E-state index is 13.0. The zero-order chi connectivity index (χ0) is 22.9. The van der Waals surface area contributed by atoms with E-state index in [1.54, 1.807) is 12.1 Å². The van der Waals surface area contributed by atoms with Crippen molar-refractivity contribution in [2.45, 2.75) is 11.1 Å². The van der Waals surface area contributed by atoms with Crippen molar-refractivity contribution >= 4 is 27.6 Å². The fraction of sp³-hybridized carbons (Fsp3) is 0.238. The number of nitrogens with zero attached hydrogens (tertiary/aromatic N) is 4. The molecular formula is C21H18ClF3N4O2S. The third-order valence-corrected chi connectivity index (χ3v) is 7.27. The number of aromatic nitrogens is 2. The second-order valence-corrected chi connectivity index (χ2v) is 9.54. The van der Waals surface area contributed by atoms with Gasteiger partial charge < -0.3 is 4.90 Å². The Morgan fingerprint density at radius 1 is 0.938 bits per heavy atom. The molecule has 0 atom stereocenters. The van der Waals surface area contributed by atoms with Gasteiger partial charge in [0.1, 0.15) is 0 Å². The van der Waals surface area contributed by atoms with Crippen LogP contribution in [0.25, 0.3) is 11.3 Å². The van der Waals surface area contributed by atoms with Gasteiger partial charge in [-0.1, -0.05) is 23.7 Å². The predicted molar refractivity (Wildman–Crippen MR) is 115 cm³/mol. The monoisotopic (exact) mass is 482 g/mol. The van der Waals surface area contributed by atoms with Gasteiger partial charge in [-0.25, -0.2) is 18.4 Å². The highest BCUT2D eigenvalue weighted by Crippen LogP contribution is 2.32. The SMILES string of the molecule is O=S(=O)(c1ccc(Cl)cc1)N1CCN(c2nccc(-c3cccc(C(F)(F)F)c3)n2)CC1. The molecule has 0 bridgehead atoms. The first kappa shape index (κ1) is 22.5. The molecule has 4 rings (SSSR count). The summed E-state index contributed by atoms with van der Waals surface area (Å²) in [7, 11) is -3.65. The van der Waals surface area contributed by atoms with Gasteiger partial charge >= 0.3 is 6.18 Å². The predicted octanol–water partition coefficient (Wildman–Crippen LogP) is 4.33. The number of halogens is 4. The molecule has 6 nitrogen and oxygen atoms in total. The number of hydrogen-bond donors (Lipinski definition) is 0. The Kier molecular flexibility index (Phi) is 6.11. The van der Waals surface area contributed by atoms with E-state index in [2.05, 4.69) is 9.97 Å². The highest BCUT2D eigenvalue weighted by atomic mass is 35.5. The molecule has 2 heterocycles. The van der Waals surface area contributed by atoms with Crippen molar-refractivity contribution in [3.05, 3.63) is 71.4 Å².